The predicted octanol–water partition coefficient (Wildman–Crippen LogP) is 1.51. The number of rotatable bonds is 4. The fourth-order valence-electron chi connectivity index (χ4n) is 2.45. The van der Waals surface area contributed by atoms with Crippen LogP contribution in [0.15, 0.2) is 23.7 Å². The zero-order chi connectivity index (χ0) is 12.8. The molecule has 2 rings (SSSR count). The lowest BCUT2D eigenvalue weighted by atomic mass is 9.96. The van der Waals surface area contributed by atoms with Crippen LogP contribution in [0.2, 0.25) is 0 Å². The summed E-state index contributed by atoms with van der Waals surface area (Å²) in [4.78, 5) is 8.59. The fraction of sp³-hybridized carbons (Fsp3) is 0.692. The summed E-state index contributed by atoms with van der Waals surface area (Å²) in [6.45, 7) is 2.95. The molecule has 1 unspecified atom stereocenters. The zero-order valence-electron chi connectivity index (χ0n) is 11.0. The van der Waals surface area contributed by atoms with Gasteiger partial charge in [-0.25, -0.2) is 4.98 Å². The summed E-state index contributed by atoms with van der Waals surface area (Å²) < 4.78 is 2.03. The van der Waals surface area contributed by atoms with Crippen molar-refractivity contribution in [1.82, 2.24) is 14.9 Å². The normalized spacial score (nSPS) is 19.7. The van der Waals surface area contributed by atoms with E-state index in [0.717, 1.165) is 6.54 Å². The van der Waals surface area contributed by atoms with Crippen LogP contribution in [0.5, 0.6) is 0 Å². The van der Waals surface area contributed by atoms with Crippen molar-refractivity contribution in [3.63, 3.8) is 0 Å². The Morgan fingerprint density at radius 3 is 2.94 bits per heavy atom. The molecule has 1 fully saturated rings. The van der Waals surface area contributed by atoms with Crippen molar-refractivity contribution < 1.29 is 0 Å². The molecular formula is C13H23N5. The van der Waals surface area contributed by atoms with Gasteiger partial charge in [0.2, 0.25) is 0 Å². The number of aromatic nitrogens is 2. The minimum Gasteiger partial charge on any atom is -0.370 e. The number of guanidine groups is 1. The van der Waals surface area contributed by atoms with Crippen molar-refractivity contribution in [2.24, 2.45) is 10.7 Å². The molecule has 0 aliphatic heterocycles. The topological polar surface area (TPSA) is 68.2 Å². The molecule has 0 aromatic carbocycles. The number of hydrogen-bond acceptors (Lipinski definition) is 2. The lowest BCUT2D eigenvalue weighted by molar-refractivity contribution is 0.440. The van der Waals surface area contributed by atoms with Crippen LogP contribution in [-0.2, 0) is 6.54 Å². The minimum atomic E-state index is 0.256. The highest BCUT2D eigenvalue weighted by Crippen LogP contribution is 2.19. The van der Waals surface area contributed by atoms with Crippen molar-refractivity contribution in [2.75, 3.05) is 0 Å². The van der Waals surface area contributed by atoms with Crippen LogP contribution in [0.1, 0.15) is 39.0 Å². The first-order chi connectivity index (χ1) is 8.74. The maximum Gasteiger partial charge on any atom is 0.189 e. The van der Waals surface area contributed by atoms with E-state index in [1.54, 1.807) is 6.20 Å². The van der Waals surface area contributed by atoms with Crippen LogP contribution in [0.4, 0.5) is 0 Å². The molecular weight excluding hydrogens is 226 g/mol. The molecule has 1 atom stereocenters. The Labute approximate surface area is 108 Å². The Morgan fingerprint density at radius 1 is 1.50 bits per heavy atom. The molecule has 1 aromatic rings. The van der Waals surface area contributed by atoms with Gasteiger partial charge in [0.05, 0.1) is 12.4 Å². The van der Waals surface area contributed by atoms with E-state index in [2.05, 4.69) is 22.2 Å². The Bertz CT molecular complexity index is 365. The second kappa shape index (κ2) is 6.42. The molecule has 1 aliphatic carbocycles. The van der Waals surface area contributed by atoms with Crippen molar-refractivity contribution in [3.05, 3.63) is 18.7 Å². The maximum absolute atomic E-state index is 5.95. The molecule has 18 heavy (non-hydrogen) atoms. The van der Waals surface area contributed by atoms with Crippen molar-refractivity contribution in [2.45, 2.75) is 57.7 Å². The van der Waals surface area contributed by atoms with Gasteiger partial charge in [0.15, 0.2) is 5.96 Å². The molecule has 0 radical (unpaired) electrons. The number of aliphatic imine (C=N–C) groups is 1. The van der Waals surface area contributed by atoms with Gasteiger partial charge in [-0.3, -0.25) is 4.99 Å². The van der Waals surface area contributed by atoms with E-state index >= 15 is 0 Å². The van der Waals surface area contributed by atoms with Crippen LogP contribution in [0.3, 0.4) is 0 Å². The van der Waals surface area contributed by atoms with Crippen LogP contribution >= 0.6 is 0 Å². The van der Waals surface area contributed by atoms with E-state index in [-0.39, 0.29) is 6.04 Å². The summed E-state index contributed by atoms with van der Waals surface area (Å²) >= 11 is 0. The van der Waals surface area contributed by atoms with E-state index in [9.17, 15) is 0 Å². The maximum atomic E-state index is 5.95. The quantitative estimate of drug-likeness (QED) is 0.628. The Kier molecular flexibility index (Phi) is 4.61. The Balaban J connectivity index is 1.78. The van der Waals surface area contributed by atoms with E-state index < -0.39 is 0 Å². The zero-order valence-corrected chi connectivity index (χ0v) is 11.0. The van der Waals surface area contributed by atoms with Gasteiger partial charge in [-0.2, -0.15) is 0 Å². The smallest absolute Gasteiger partial charge is 0.189 e. The molecule has 0 saturated heterocycles. The van der Waals surface area contributed by atoms with Crippen LogP contribution < -0.4 is 11.1 Å². The Hall–Kier alpha value is -1.52. The molecule has 0 spiro atoms. The van der Waals surface area contributed by atoms with E-state index in [1.165, 1.54) is 32.1 Å². The predicted molar refractivity (Wildman–Crippen MR) is 73.3 cm³/mol. The van der Waals surface area contributed by atoms with Crippen molar-refractivity contribution >= 4 is 5.96 Å². The first-order valence-electron chi connectivity index (χ1n) is 6.79. The average molecular weight is 249 g/mol. The van der Waals surface area contributed by atoms with Gasteiger partial charge in [-0.15, -0.1) is 0 Å². The minimum absolute atomic E-state index is 0.256. The first kappa shape index (κ1) is 12.9. The highest BCUT2D eigenvalue weighted by Gasteiger charge is 2.13. The summed E-state index contributed by atoms with van der Waals surface area (Å²) in [5.74, 6) is 0.578. The van der Waals surface area contributed by atoms with Gasteiger partial charge >= 0.3 is 0 Å². The third-order valence-electron chi connectivity index (χ3n) is 3.33. The number of nitrogens with zero attached hydrogens (tertiary/aromatic N) is 3. The fourth-order valence-corrected chi connectivity index (χ4v) is 2.45. The van der Waals surface area contributed by atoms with Gasteiger partial charge in [-0.05, 0) is 19.8 Å². The molecule has 0 amide bonds. The monoisotopic (exact) mass is 249 g/mol. The third-order valence-corrected chi connectivity index (χ3v) is 3.33. The lowest BCUT2D eigenvalue weighted by Crippen LogP contribution is -2.41. The second-order valence-electron chi connectivity index (χ2n) is 5.11. The second-order valence-corrected chi connectivity index (χ2v) is 5.11. The van der Waals surface area contributed by atoms with Gasteiger partial charge in [-0.1, -0.05) is 19.3 Å². The average Bonchev–Trinajstić information content (AvgIpc) is 2.82. The van der Waals surface area contributed by atoms with Crippen LogP contribution in [0.25, 0.3) is 0 Å². The molecule has 1 heterocycles. The summed E-state index contributed by atoms with van der Waals surface area (Å²) in [5.41, 5.74) is 5.95. The summed E-state index contributed by atoms with van der Waals surface area (Å²) in [6.07, 6.45) is 11.8. The first-order valence-corrected chi connectivity index (χ1v) is 6.79. The van der Waals surface area contributed by atoms with E-state index in [1.807, 2.05) is 17.1 Å². The van der Waals surface area contributed by atoms with Gasteiger partial charge < -0.3 is 15.6 Å². The SMILES string of the molecule is CC(Cn1ccnc1)NC(N)=NC1CCCCC1. The van der Waals surface area contributed by atoms with Gasteiger partial charge in [0.1, 0.15) is 0 Å². The van der Waals surface area contributed by atoms with Crippen molar-refractivity contribution in [1.29, 1.82) is 0 Å². The standard InChI is InChI=1S/C13H23N5/c1-11(9-18-8-7-15-10-18)16-13(14)17-12-5-3-2-4-6-12/h7-8,10-12H,2-6,9H2,1H3,(H3,14,16,17). The van der Waals surface area contributed by atoms with Crippen LogP contribution in [0, 0.1) is 0 Å². The third kappa shape index (κ3) is 4.05. The van der Waals surface area contributed by atoms with Crippen LogP contribution in [-0.4, -0.2) is 27.6 Å². The number of nitrogens with two attached hydrogens (primary N) is 1. The number of imidazole rings is 1. The molecule has 0 bridgehead atoms. The van der Waals surface area contributed by atoms with Gasteiger partial charge in [0.25, 0.3) is 0 Å². The highest BCUT2D eigenvalue weighted by molar-refractivity contribution is 5.78. The molecule has 100 valence electrons. The highest BCUT2D eigenvalue weighted by atomic mass is 15.1. The Morgan fingerprint density at radius 2 is 2.28 bits per heavy atom. The van der Waals surface area contributed by atoms with E-state index in [4.69, 9.17) is 5.73 Å². The largest absolute Gasteiger partial charge is 0.370 e. The van der Waals surface area contributed by atoms with Crippen molar-refractivity contribution in [3.8, 4) is 0 Å². The summed E-state index contributed by atoms with van der Waals surface area (Å²) in [5, 5.41) is 3.24. The lowest BCUT2D eigenvalue weighted by Gasteiger charge is -2.20. The van der Waals surface area contributed by atoms with E-state index in [0.29, 0.717) is 12.0 Å². The summed E-state index contributed by atoms with van der Waals surface area (Å²) in [6, 6.07) is 0.679. The molecule has 1 saturated carbocycles. The molecule has 3 N–H and O–H groups in total. The summed E-state index contributed by atoms with van der Waals surface area (Å²) in [7, 11) is 0. The number of nitrogens with one attached hydrogen (secondary N) is 1. The molecule has 5 nitrogen and oxygen atoms in total. The number of hydrogen-bond donors (Lipinski definition) is 2. The molecule has 1 aliphatic rings. The molecule has 5 heteroatoms. The van der Waals surface area contributed by atoms with Gasteiger partial charge in [0, 0.05) is 25.0 Å². The molecule has 1 aromatic heterocycles.